The van der Waals surface area contributed by atoms with E-state index < -0.39 is 16.0 Å². The number of carboxylic acids is 1. The molecule has 0 saturated carbocycles. The van der Waals surface area contributed by atoms with Gasteiger partial charge in [-0.2, -0.15) is 4.31 Å². The van der Waals surface area contributed by atoms with Crippen molar-refractivity contribution >= 4 is 27.6 Å². The maximum absolute atomic E-state index is 12.6. The Bertz CT molecular complexity index is 714. The van der Waals surface area contributed by atoms with Gasteiger partial charge in [0.05, 0.1) is 23.7 Å². The van der Waals surface area contributed by atoms with Gasteiger partial charge in [-0.15, -0.1) is 0 Å². The number of carbonyl (C=O) groups is 1. The van der Waals surface area contributed by atoms with E-state index in [0.717, 1.165) is 22.4 Å². The third-order valence-corrected chi connectivity index (χ3v) is 5.35. The predicted octanol–water partition coefficient (Wildman–Crippen LogP) is 2.01. The summed E-state index contributed by atoms with van der Waals surface area (Å²) in [6.45, 7) is 1.15. The van der Waals surface area contributed by atoms with Crippen molar-refractivity contribution in [3.8, 4) is 0 Å². The molecule has 0 atom stereocenters. The summed E-state index contributed by atoms with van der Waals surface area (Å²) in [6, 6.07) is 3.69. The molecule has 2 rings (SSSR count). The summed E-state index contributed by atoms with van der Waals surface area (Å²) in [5.41, 5.74) is 0.543. The average Bonchev–Trinajstić information content (AvgIpc) is 2.47. The molecule has 1 aromatic rings. The normalized spacial score (nSPS) is 15.7. The molecular formula is C14H16ClNO5S. The molecule has 0 aromatic heterocycles. The number of aromatic carboxylic acids is 1. The molecule has 1 N–H and O–H groups in total. The number of halogens is 1. The largest absolute Gasteiger partial charge is 0.478 e. The second-order valence-corrected chi connectivity index (χ2v) is 7.36. The quantitative estimate of drug-likeness (QED) is 0.825. The van der Waals surface area contributed by atoms with Gasteiger partial charge in [-0.25, -0.2) is 13.2 Å². The molecule has 120 valence electrons. The highest BCUT2D eigenvalue weighted by molar-refractivity contribution is 7.89. The Kier molecular flexibility index (Phi) is 5.23. The highest BCUT2D eigenvalue weighted by atomic mass is 35.5. The van der Waals surface area contributed by atoms with E-state index >= 15 is 0 Å². The predicted molar refractivity (Wildman–Crippen MR) is 81.7 cm³/mol. The zero-order valence-corrected chi connectivity index (χ0v) is 13.5. The van der Waals surface area contributed by atoms with E-state index in [1.54, 1.807) is 0 Å². The van der Waals surface area contributed by atoms with Gasteiger partial charge in [-0.1, -0.05) is 17.7 Å². The van der Waals surface area contributed by atoms with Crippen molar-refractivity contribution in [2.45, 2.75) is 11.3 Å². The fourth-order valence-electron chi connectivity index (χ4n) is 2.14. The number of likely N-dealkylation sites (N-methyl/N-ethyl adjacent to an activating group) is 1. The summed E-state index contributed by atoms with van der Waals surface area (Å²) >= 11 is 5.82. The maximum Gasteiger partial charge on any atom is 0.337 e. The summed E-state index contributed by atoms with van der Waals surface area (Å²) in [4.78, 5) is 10.9. The number of sulfonamides is 1. The standard InChI is InChI=1S/C14H16ClNO5S/c1-16(8-10-3-2-6-21-9-10)22(19,20)13-7-11(15)4-5-12(13)14(17)18/h3-5,7H,2,6,8-9H2,1H3,(H,17,18). The number of benzene rings is 1. The van der Waals surface area contributed by atoms with Crippen molar-refractivity contribution in [3.05, 3.63) is 40.4 Å². The smallest absolute Gasteiger partial charge is 0.337 e. The third kappa shape index (κ3) is 3.67. The van der Waals surface area contributed by atoms with Crippen LogP contribution in [-0.2, 0) is 14.8 Å². The zero-order chi connectivity index (χ0) is 16.3. The summed E-state index contributed by atoms with van der Waals surface area (Å²) in [6.07, 6.45) is 2.67. The number of nitrogens with zero attached hydrogens (tertiary/aromatic N) is 1. The molecule has 6 nitrogen and oxygen atoms in total. The average molecular weight is 346 g/mol. The van der Waals surface area contributed by atoms with Crippen molar-refractivity contribution in [2.24, 2.45) is 0 Å². The van der Waals surface area contributed by atoms with Crippen molar-refractivity contribution < 1.29 is 23.1 Å². The molecule has 0 amide bonds. The van der Waals surface area contributed by atoms with Crippen molar-refractivity contribution in [3.63, 3.8) is 0 Å². The van der Waals surface area contributed by atoms with Crippen LogP contribution in [-0.4, -0.2) is 50.6 Å². The van der Waals surface area contributed by atoms with Gasteiger partial charge in [0, 0.05) is 18.6 Å². The lowest BCUT2D eigenvalue weighted by atomic mass is 10.2. The number of hydrogen-bond acceptors (Lipinski definition) is 4. The fourth-order valence-corrected chi connectivity index (χ4v) is 3.76. The SMILES string of the molecule is CN(CC1=CCCOC1)S(=O)(=O)c1cc(Cl)ccc1C(=O)O. The summed E-state index contributed by atoms with van der Waals surface area (Å²) in [5, 5.41) is 9.33. The molecule has 8 heteroatoms. The Morgan fingerprint density at radius 1 is 1.45 bits per heavy atom. The van der Waals surface area contributed by atoms with E-state index in [1.165, 1.54) is 19.2 Å². The molecule has 0 saturated heterocycles. The van der Waals surface area contributed by atoms with Crippen LogP contribution in [0.15, 0.2) is 34.7 Å². The van der Waals surface area contributed by atoms with Gasteiger partial charge < -0.3 is 9.84 Å². The van der Waals surface area contributed by atoms with Crippen LogP contribution in [0.4, 0.5) is 0 Å². The Labute approximate surface area is 134 Å². The maximum atomic E-state index is 12.6. The minimum atomic E-state index is -3.96. The molecule has 0 aliphatic carbocycles. The van der Waals surface area contributed by atoms with E-state index in [-0.39, 0.29) is 22.0 Å². The van der Waals surface area contributed by atoms with Crippen LogP contribution in [0.5, 0.6) is 0 Å². The second kappa shape index (κ2) is 6.78. The minimum absolute atomic E-state index is 0.147. The van der Waals surface area contributed by atoms with E-state index in [9.17, 15) is 13.2 Å². The molecule has 1 heterocycles. The first-order valence-corrected chi connectivity index (χ1v) is 8.39. The van der Waals surface area contributed by atoms with Crippen LogP contribution in [0.1, 0.15) is 16.8 Å². The highest BCUT2D eigenvalue weighted by Crippen LogP contribution is 2.24. The van der Waals surface area contributed by atoms with Crippen molar-refractivity contribution in [2.75, 3.05) is 26.8 Å². The van der Waals surface area contributed by atoms with Crippen LogP contribution in [0.2, 0.25) is 5.02 Å². The molecule has 1 aromatic carbocycles. The molecule has 1 aliphatic heterocycles. The van der Waals surface area contributed by atoms with Crippen molar-refractivity contribution in [1.29, 1.82) is 0 Å². The van der Waals surface area contributed by atoms with E-state index in [2.05, 4.69) is 0 Å². The van der Waals surface area contributed by atoms with Crippen molar-refractivity contribution in [1.82, 2.24) is 4.31 Å². The Morgan fingerprint density at radius 3 is 2.77 bits per heavy atom. The lowest BCUT2D eigenvalue weighted by Crippen LogP contribution is -2.31. The second-order valence-electron chi connectivity index (χ2n) is 4.91. The molecule has 0 radical (unpaired) electrons. The van der Waals surface area contributed by atoms with Gasteiger partial charge >= 0.3 is 5.97 Å². The van der Waals surface area contributed by atoms with Gasteiger partial charge in [-0.05, 0) is 30.2 Å². The number of carboxylic acid groups (broad SMARTS) is 1. The molecule has 1 aliphatic rings. The summed E-state index contributed by atoms with van der Waals surface area (Å²) < 4.78 is 31.6. The first kappa shape index (κ1) is 17.0. The summed E-state index contributed by atoms with van der Waals surface area (Å²) in [5.74, 6) is -1.32. The van der Waals surface area contributed by atoms with Gasteiger partial charge in [0.1, 0.15) is 0 Å². The Morgan fingerprint density at radius 2 is 2.18 bits per heavy atom. The molecule has 0 unspecified atom stereocenters. The number of ether oxygens (including phenoxy) is 1. The topological polar surface area (TPSA) is 83.9 Å². The monoisotopic (exact) mass is 345 g/mol. The van der Waals surface area contributed by atoms with E-state index in [4.69, 9.17) is 21.4 Å². The number of hydrogen-bond donors (Lipinski definition) is 1. The van der Waals surface area contributed by atoms with Crippen LogP contribution < -0.4 is 0 Å². The van der Waals surface area contributed by atoms with Gasteiger partial charge in [-0.3, -0.25) is 0 Å². The van der Waals surface area contributed by atoms with Crippen LogP contribution >= 0.6 is 11.6 Å². The lowest BCUT2D eigenvalue weighted by molar-refractivity contribution is 0.0692. The number of rotatable bonds is 5. The summed E-state index contributed by atoms with van der Waals surface area (Å²) in [7, 11) is -2.56. The Balaban J connectivity index is 2.35. The lowest BCUT2D eigenvalue weighted by Gasteiger charge is -2.22. The van der Waals surface area contributed by atoms with E-state index in [1.807, 2.05) is 6.08 Å². The molecule has 22 heavy (non-hydrogen) atoms. The van der Waals surface area contributed by atoms with Crippen LogP contribution in [0, 0.1) is 0 Å². The van der Waals surface area contributed by atoms with Gasteiger partial charge in [0.2, 0.25) is 10.0 Å². The molecular weight excluding hydrogens is 330 g/mol. The van der Waals surface area contributed by atoms with Gasteiger partial charge in [0.25, 0.3) is 0 Å². The molecule has 0 spiro atoms. The minimum Gasteiger partial charge on any atom is -0.478 e. The van der Waals surface area contributed by atoms with Crippen LogP contribution in [0.25, 0.3) is 0 Å². The van der Waals surface area contributed by atoms with Gasteiger partial charge in [0.15, 0.2) is 0 Å². The van der Waals surface area contributed by atoms with E-state index in [0.29, 0.717) is 13.2 Å². The Hall–Kier alpha value is -1.41. The first-order chi connectivity index (χ1) is 10.3. The van der Waals surface area contributed by atoms with Crippen LogP contribution in [0.3, 0.4) is 0 Å². The zero-order valence-electron chi connectivity index (χ0n) is 12.0. The third-order valence-electron chi connectivity index (χ3n) is 3.27. The first-order valence-electron chi connectivity index (χ1n) is 6.57. The molecule has 0 bridgehead atoms. The molecule has 0 fully saturated rings. The fraction of sp³-hybridized carbons (Fsp3) is 0.357. The highest BCUT2D eigenvalue weighted by Gasteiger charge is 2.27.